The zero-order chi connectivity index (χ0) is 23.2. The summed E-state index contributed by atoms with van der Waals surface area (Å²) in [4.78, 5) is 27.0. The molecule has 0 saturated carbocycles. The highest BCUT2D eigenvalue weighted by molar-refractivity contribution is 5.71. The Morgan fingerprint density at radius 3 is 2.23 bits per heavy atom. The molecule has 0 bridgehead atoms. The van der Waals surface area contributed by atoms with E-state index >= 15 is 0 Å². The average molecular weight is 432 g/mol. The number of carboxylic acid groups (broad SMARTS) is 1. The predicted octanol–water partition coefficient (Wildman–Crippen LogP) is 5.17. The van der Waals surface area contributed by atoms with Crippen LogP contribution >= 0.6 is 0 Å². The number of nitrogens with zero attached hydrogens (tertiary/aromatic N) is 2. The third-order valence-electron chi connectivity index (χ3n) is 4.55. The van der Waals surface area contributed by atoms with Crippen LogP contribution in [0.15, 0.2) is 48.5 Å². The number of para-hydroxylation sites is 1. The zero-order valence-electron chi connectivity index (χ0n) is 18.5. The molecule has 0 aliphatic carbocycles. The molecule has 1 N–H and O–H groups in total. The minimum Gasteiger partial charge on any atom is -0.494 e. The van der Waals surface area contributed by atoms with Gasteiger partial charge in [-0.1, -0.05) is 18.2 Å². The highest BCUT2D eigenvalue weighted by Gasteiger charge is 2.35. The fraction of sp³-hybridized carbons (Fsp3) is 0.391. The summed E-state index contributed by atoms with van der Waals surface area (Å²) < 4.78 is 24.3. The van der Waals surface area contributed by atoms with Crippen molar-refractivity contribution in [2.45, 2.75) is 38.8 Å². The number of carbonyl (C=O) groups excluding carboxylic acids is 1. The normalized spacial score (nSPS) is 12.1. The van der Waals surface area contributed by atoms with Gasteiger partial charge in [-0.15, -0.1) is 0 Å². The summed E-state index contributed by atoms with van der Waals surface area (Å²) in [5.41, 5.74) is -0.178. The molecule has 2 aromatic rings. The maximum atomic E-state index is 13.1. The third kappa shape index (κ3) is 6.60. The van der Waals surface area contributed by atoms with E-state index in [0.29, 0.717) is 11.3 Å². The summed E-state index contributed by atoms with van der Waals surface area (Å²) in [6.45, 7) is 5.56. The van der Waals surface area contributed by atoms with Gasteiger partial charge in [0.05, 0.1) is 12.6 Å². The Bertz CT molecular complexity index is 894. The second-order valence-electron chi connectivity index (χ2n) is 8.23. The van der Waals surface area contributed by atoms with Crippen molar-refractivity contribution in [3.8, 4) is 11.5 Å². The summed E-state index contributed by atoms with van der Waals surface area (Å²) in [5, 5.41) is 9.98. The Hall–Kier alpha value is -3.29. The smallest absolute Gasteiger partial charge is 0.414 e. The number of rotatable bonds is 7. The minimum absolute atomic E-state index is 0.173. The van der Waals surface area contributed by atoms with Gasteiger partial charge >= 0.3 is 12.2 Å². The lowest BCUT2D eigenvalue weighted by atomic mass is 9.95. The molecule has 1 atom stereocenters. The standard InChI is InChI=1S/C23H29FN2O5/c1-23(2,3)26(21(27)28)19(14-15-30-17-12-10-16(24)11-13-17)18-8-6-7-9-20(18)31-22(29)25(4)5/h6-13,19H,14-15H2,1-5H3,(H,27,28). The fourth-order valence-electron chi connectivity index (χ4n) is 3.16. The van der Waals surface area contributed by atoms with Crippen molar-refractivity contribution >= 4 is 12.2 Å². The van der Waals surface area contributed by atoms with Crippen molar-refractivity contribution in [2.75, 3.05) is 20.7 Å². The van der Waals surface area contributed by atoms with Gasteiger partial charge in [0, 0.05) is 31.6 Å². The van der Waals surface area contributed by atoms with E-state index in [1.54, 1.807) is 59.1 Å². The summed E-state index contributed by atoms with van der Waals surface area (Å²) in [5.74, 6) is 0.389. The van der Waals surface area contributed by atoms with E-state index in [1.807, 2.05) is 0 Å². The van der Waals surface area contributed by atoms with Gasteiger partial charge in [0.2, 0.25) is 0 Å². The predicted molar refractivity (Wildman–Crippen MR) is 115 cm³/mol. The van der Waals surface area contributed by atoms with E-state index in [-0.39, 0.29) is 24.6 Å². The molecule has 0 aliphatic rings. The second kappa shape index (κ2) is 10.1. The highest BCUT2D eigenvalue weighted by atomic mass is 19.1. The van der Waals surface area contributed by atoms with Gasteiger partial charge in [0.15, 0.2) is 0 Å². The number of hydrogen-bond acceptors (Lipinski definition) is 4. The van der Waals surface area contributed by atoms with Crippen LogP contribution in [0.5, 0.6) is 11.5 Å². The molecule has 0 radical (unpaired) electrons. The van der Waals surface area contributed by atoms with Crippen LogP contribution in [0, 0.1) is 5.82 Å². The summed E-state index contributed by atoms with van der Waals surface area (Å²) in [6, 6.07) is 11.8. The number of halogens is 1. The molecule has 0 spiro atoms. The molecule has 0 fully saturated rings. The minimum atomic E-state index is -1.10. The van der Waals surface area contributed by atoms with Crippen LogP contribution in [-0.4, -0.2) is 53.3 Å². The van der Waals surface area contributed by atoms with Crippen molar-refractivity contribution in [1.82, 2.24) is 9.80 Å². The second-order valence-corrected chi connectivity index (χ2v) is 8.23. The topological polar surface area (TPSA) is 79.3 Å². The average Bonchev–Trinajstić information content (AvgIpc) is 2.67. The van der Waals surface area contributed by atoms with E-state index in [2.05, 4.69) is 0 Å². The van der Waals surface area contributed by atoms with Crippen molar-refractivity contribution in [1.29, 1.82) is 0 Å². The lowest BCUT2D eigenvalue weighted by molar-refractivity contribution is 0.0607. The third-order valence-corrected chi connectivity index (χ3v) is 4.55. The first-order chi connectivity index (χ1) is 14.5. The van der Waals surface area contributed by atoms with Crippen molar-refractivity contribution < 1.29 is 28.6 Å². The Morgan fingerprint density at radius 2 is 1.68 bits per heavy atom. The van der Waals surface area contributed by atoms with Crippen LogP contribution in [0.3, 0.4) is 0 Å². The van der Waals surface area contributed by atoms with Gasteiger partial charge < -0.3 is 19.5 Å². The molecular weight excluding hydrogens is 403 g/mol. The van der Waals surface area contributed by atoms with E-state index in [1.165, 1.54) is 34.1 Å². The molecule has 2 rings (SSSR count). The number of carbonyl (C=O) groups is 2. The first-order valence-corrected chi connectivity index (χ1v) is 9.89. The van der Waals surface area contributed by atoms with Crippen molar-refractivity contribution in [3.63, 3.8) is 0 Å². The first-order valence-electron chi connectivity index (χ1n) is 9.89. The summed E-state index contributed by atoms with van der Waals surface area (Å²) in [6.07, 6.45) is -1.38. The van der Waals surface area contributed by atoms with Gasteiger partial charge in [-0.05, 0) is 51.1 Å². The molecule has 31 heavy (non-hydrogen) atoms. The lowest BCUT2D eigenvalue weighted by Gasteiger charge is -2.40. The van der Waals surface area contributed by atoms with Crippen LogP contribution in [0.25, 0.3) is 0 Å². The quantitative estimate of drug-likeness (QED) is 0.653. The Labute approximate surface area is 182 Å². The molecule has 1 unspecified atom stereocenters. The zero-order valence-corrected chi connectivity index (χ0v) is 18.5. The first kappa shape index (κ1) is 24.0. The van der Waals surface area contributed by atoms with E-state index in [0.717, 1.165) is 0 Å². The summed E-state index contributed by atoms with van der Waals surface area (Å²) in [7, 11) is 3.13. The highest BCUT2D eigenvalue weighted by Crippen LogP contribution is 2.36. The maximum Gasteiger partial charge on any atom is 0.414 e. The van der Waals surface area contributed by atoms with Gasteiger partial charge in [0.1, 0.15) is 17.3 Å². The Kier molecular flexibility index (Phi) is 7.85. The maximum absolute atomic E-state index is 13.1. The number of amides is 2. The molecular formula is C23H29FN2O5. The number of benzene rings is 2. The van der Waals surface area contributed by atoms with Crippen LogP contribution in [-0.2, 0) is 0 Å². The molecule has 7 nitrogen and oxygen atoms in total. The van der Waals surface area contributed by atoms with Crippen LogP contribution in [0.4, 0.5) is 14.0 Å². The van der Waals surface area contributed by atoms with Gasteiger partial charge in [0.25, 0.3) is 0 Å². The molecule has 2 amide bonds. The number of hydrogen-bond donors (Lipinski definition) is 1. The van der Waals surface area contributed by atoms with Gasteiger partial charge in [-0.3, -0.25) is 4.90 Å². The van der Waals surface area contributed by atoms with Crippen molar-refractivity contribution in [2.24, 2.45) is 0 Å². The SMILES string of the molecule is CN(C)C(=O)Oc1ccccc1C(CCOc1ccc(F)cc1)N(C(=O)O)C(C)(C)C. The molecule has 168 valence electrons. The monoisotopic (exact) mass is 432 g/mol. The van der Waals surface area contributed by atoms with Gasteiger partial charge in [-0.2, -0.15) is 0 Å². The largest absolute Gasteiger partial charge is 0.494 e. The van der Waals surface area contributed by atoms with E-state index < -0.39 is 23.8 Å². The van der Waals surface area contributed by atoms with Gasteiger partial charge in [-0.25, -0.2) is 14.0 Å². The molecule has 2 aromatic carbocycles. The van der Waals surface area contributed by atoms with E-state index in [4.69, 9.17) is 9.47 Å². The van der Waals surface area contributed by atoms with Crippen molar-refractivity contribution in [3.05, 3.63) is 59.9 Å². The molecule has 0 aromatic heterocycles. The molecule has 0 heterocycles. The van der Waals surface area contributed by atoms with Crippen LogP contribution in [0.2, 0.25) is 0 Å². The molecule has 8 heteroatoms. The van der Waals surface area contributed by atoms with Crippen LogP contribution < -0.4 is 9.47 Å². The fourth-order valence-corrected chi connectivity index (χ4v) is 3.16. The Balaban J connectivity index is 2.37. The van der Waals surface area contributed by atoms with E-state index in [9.17, 15) is 19.1 Å². The lowest BCUT2D eigenvalue weighted by Crippen LogP contribution is -2.47. The number of ether oxygens (including phenoxy) is 2. The molecule has 0 saturated heterocycles. The van der Waals surface area contributed by atoms with Crippen LogP contribution in [0.1, 0.15) is 38.8 Å². The summed E-state index contributed by atoms with van der Waals surface area (Å²) >= 11 is 0. The molecule has 0 aliphatic heterocycles. The Morgan fingerprint density at radius 1 is 1.06 bits per heavy atom.